The molecule has 146 valence electrons. The van der Waals surface area contributed by atoms with Crippen LogP contribution in [0.5, 0.6) is 0 Å². The number of carbonyl (C=O) groups excluding carboxylic acids is 2. The lowest BCUT2D eigenvalue weighted by molar-refractivity contribution is 0.00118. The Bertz CT molecular complexity index is 371. The smallest absolute Gasteiger partial charge is 0.419 e. The third-order valence-corrected chi connectivity index (χ3v) is 3.46. The minimum Gasteiger partial charge on any atom is -0.443 e. The number of rotatable bonds is 9. The Morgan fingerprint density at radius 3 is 1.44 bits per heavy atom. The molecule has 0 N–H and O–H groups in total. The van der Waals surface area contributed by atoms with Crippen molar-refractivity contribution in [1.82, 2.24) is 4.90 Å². The summed E-state index contributed by atoms with van der Waals surface area (Å²) in [4.78, 5) is 25.7. The Kier molecular flexibility index (Phi) is 10.9. The molecule has 0 aromatic carbocycles. The van der Waals surface area contributed by atoms with Gasteiger partial charge in [0.15, 0.2) is 0 Å². The fourth-order valence-corrected chi connectivity index (χ4v) is 2.29. The van der Waals surface area contributed by atoms with Crippen LogP contribution in [-0.2, 0) is 9.47 Å². The van der Waals surface area contributed by atoms with Crippen molar-refractivity contribution in [1.29, 1.82) is 0 Å². The molecule has 0 spiro atoms. The van der Waals surface area contributed by atoms with E-state index >= 15 is 0 Å². The number of hydrogen-bond donors (Lipinski definition) is 0. The number of ether oxygens (including phenoxy) is 2. The Balaban J connectivity index is 4.45. The summed E-state index contributed by atoms with van der Waals surface area (Å²) in [7, 11) is 2.21. The summed E-state index contributed by atoms with van der Waals surface area (Å²) < 4.78 is 10.7. The Labute approximate surface area is 155 Å². The predicted octanol–water partition coefficient (Wildman–Crippen LogP) is 4.94. The molecule has 0 aliphatic heterocycles. The van der Waals surface area contributed by atoms with Gasteiger partial charge in [-0.05, 0) is 48.0 Å². The molecule has 25 heavy (non-hydrogen) atoms. The van der Waals surface area contributed by atoms with Gasteiger partial charge in [-0.3, -0.25) is 0 Å². The van der Waals surface area contributed by atoms with Crippen molar-refractivity contribution >= 4 is 20.0 Å². The average Bonchev–Trinajstić information content (AvgIpc) is 2.41. The van der Waals surface area contributed by atoms with E-state index in [2.05, 4.69) is 7.85 Å². The van der Waals surface area contributed by atoms with Gasteiger partial charge in [-0.15, -0.1) is 0 Å². The lowest BCUT2D eigenvalue weighted by Gasteiger charge is -2.28. The van der Waals surface area contributed by atoms with E-state index in [4.69, 9.17) is 9.47 Å². The van der Waals surface area contributed by atoms with Crippen molar-refractivity contribution in [2.24, 2.45) is 0 Å². The van der Waals surface area contributed by atoms with E-state index in [0.717, 1.165) is 24.2 Å². The fourth-order valence-electron chi connectivity index (χ4n) is 2.29. The van der Waals surface area contributed by atoms with Crippen molar-refractivity contribution in [2.75, 3.05) is 6.54 Å². The van der Waals surface area contributed by atoms with E-state index in [-0.39, 0.29) is 0 Å². The summed E-state index contributed by atoms with van der Waals surface area (Å²) in [5, 5.41) is 0. The van der Waals surface area contributed by atoms with Crippen molar-refractivity contribution in [3.05, 3.63) is 0 Å². The van der Waals surface area contributed by atoms with E-state index in [1.807, 2.05) is 0 Å². The summed E-state index contributed by atoms with van der Waals surface area (Å²) in [5.74, 6) is 0. The van der Waals surface area contributed by atoms with Crippen molar-refractivity contribution in [3.8, 4) is 0 Å². The molecule has 0 aromatic heterocycles. The van der Waals surface area contributed by atoms with Crippen molar-refractivity contribution < 1.29 is 19.1 Å². The van der Waals surface area contributed by atoms with E-state index in [0.29, 0.717) is 6.54 Å². The molecule has 0 aliphatic rings. The van der Waals surface area contributed by atoms with Gasteiger partial charge in [0.25, 0.3) is 0 Å². The molecule has 0 aliphatic carbocycles. The number of imide groups is 1. The van der Waals surface area contributed by atoms with Gasteiger partial charge in [-0.25, -0.2) is 14.5 Å². The molecule has 0 saturated heterocycles. The van der Waals surface area contributed by atoms with E-state index in [1.54, 1.807) is 41.5 Å². The Morgan fingerprint density at radius 1 is 0.720 bits per heavy atom. The second-order valence-electron chi connectivity index (χ2n) is 8.59. The number of unbranched alkanes of at least 4 members (excludes halogenated alkanes) is 6. The lowest BCUT2D eigenvalue weighted by Crippen LogP contribution is -2.44. The molecule has 0 unspecified atom stereocenters. The first-order chi connectivity index (χ1) is 11.5. The molecule has 0 bridgehead atoms. The lowest BCUT2D eigenvalue weighted by atomic mass is 9.98. The van der Waals surface area contributed by atoms with Crippen LogP contribution < -0.4 is 0 Å². The standard InChI is InChI=1S/C19H38BNO4/c1-18(2,3)24-16(22)21(17(23)25-19(4,5)6)15-13-11-9-7-8-10-12-14-20/h7-15,20H2,1-6H3. The first kappa shape index (κ1) is 23.8. The SMILES string of the molecule is BCCCCCCCCCN(C(=O)OC(C)(C)C)C(=O)OC(C)(C)C. The zero-order chi connectivity index (χ0) is 19.5. The average molecular weight is 355 g/mol. The second kappa shape index (κ2) is 11.4. The highest BCUT2D eigenvalue weighted by molar-refractivity contribution is 6.08. The number of nitrogens with zero attached hydrogens (tertiary/aromatic N) is 1. The molecule has 0 radical (unpaired) electrons. The van der Waals surface area contributed by atoms with Gasteiger partial charge in [0.05, 0.1) is 0 Å². The molecule has 0 atom stereocenters. The maximum Gasteiger partial charge on any atom is 0.419 e. The topological polar surface area (TPSA) is 55.8 Å². The minimum absolute atomic E-state index is 0.332. The number of hydrogen-bond acceptors (Lipinski definition) is 4. The molecule has 0 aromatic rings. The molecule has 0 rings (SSSR count). The van der Waals surface area contributed by atoms with Crippen molar-refractivity contribution in [2.45, 2.75) is 104 Å². The van der Waals surface area contributed by atoms with Crippen LogP contribution in [0.4, 0.5) is 9.59 Å². The van der Waals surface area contributed by atoms with Gasteiger partial charge >= 0.3 is 12.2 Å². The molecule has 5 nitrogen and oxygen atoms in total. The van der Waals surface area contributed by atoms with E-state index < -0.39 is 23.4 Å². The predicted molar refractivity (Wildman–Crippen MR) is 105 cm³/mol. The summed E-state index contributed by atoms with van der Waals surface area (Å²) in [5.41, 5.74) is -1.28. The van der Waals surface area contributed by atoms with Gasteiger partial charge < -0.3 is 9.47 Å². The maximum absolute atomic E-state index is 12.3. The molecule has 0 saturated carbocycles. The van der Waals surface area contributed by atoms with Crippen LogP contribution in [0.2, 0.25) is 6.32 Å². The van der Waals surface area contributed by atoms with Gasteiger partial charge in [-0.1, -0.05) is 44.8 Å². The quantitative estimate of drug-likeness (QED) is 0.434. The van der Waals surface area contributed by atoms with Crippen LogP contribution in [0.15, 0.2) is 0 Å². The monoisotopic (exact) mass is 355 g/mol. The number of carbonyl (C=O) groups is 2. The normalized spacial score (nSPS) is 11.9. The zero-order valence-electron chi connectivity index (χ0n) is 17.4. The van der Waals surface area contributed by atoms with Crippen LogP contribution in [0.25, 0.3) is 0 Å². The van der Waals surface area contributed by atoms with Gasteiger partial charge in [-0.2, -0.15) is 0 Å². The largest absolute Gasteiger partial charge is 0.443 e. The zero-order valence-corrected chi connectivity index (χ0v) is 17.4. The highest BCUT2D eigenvalue weighted by Crippen LogP contribution is 2.16. The fraction of sp³-hybridized carbons (Fsp3) is 0.895. The Morgan fingerprint density at radius 2 is 1.08 bits per heavy atom. The molecule has 6 heteroatoms. The van der Waals surface area contributed by atoms with Crippen LogP contribution >= 0.6 is 0 Å². The maximum atomic E-state index is 12.3. The van der Waals surface area contributed by atoms with E-state index in [1.165, 1.54) is 32.0 Å². The van der Waals surface area contributed by atoms with Crippen LogP contribution in [0.3, 0.4) is 0 Å². The van der Waals surface area contributed by atoms with Crippen LogP contribution in [-0.4, -0.2) is 42.7 Å². The first-order valence-electron chi connectivity index (χ1n) is 9.70. The van der Waals surface area contributed by atoms with Crippen LogP contribution in [0.1, 0.15) is 86.5 Å². The molecule has 0 fully saturated rings. The third-order valence-electron chi connectivity index (χ3n) is 3.46. The summed E-state index contributed by atoms with van der Waals surface area (Å²) in [6, 6.07) is 0. The Hall–Kier alpha value is -1.20. The minimum atomic E-state index is -0.642. The van der Waals surface area contributed by atoms with Crippen molar-refractivity contribution in [3.63, 3.8) is 0 Å². The summed E-state index contributed by atoms with van der Waals surface area (Å²) >= 11 is 0. The molecule has 2 amide bonds. The van der Waals surface area contributed by atoms with Crippen LogP contribution in [0, 0.1) is 0 Å². The first-order valence-corrected chi connectivity index (χ1v) is 9.70. The van der Waals surface area contributed by atoms with E-state index in [9.17, 15) is 9.59 Å². The summed E-state index contributed by atoms with van der Waals surface area (Å²) in [6.07, 6.45) is 7.92. The summed E-state index contributed by atoms with van der Waals surface area (Å²) in [6.45, 7) is 11.0. The second-order valence-corrected chi connectivity index (χ2v) is 8.59. The number of amides is 2. The van der Waals surface area contributed by atoms with Gasteiger partial charge in [0.1, 0.15) is 19.0 Å². The van der Waals surface area contributed by atoms with Gasteiger partial charge in [0, 0.05) is 6.54 Å². The highest BCUT2D eigenvalue weighted by Gasteiger charge is 2.30. The molecule has 0 heterocycles. The van der Waals surface area contributed by atoms with Gasteiger partial charge in [0.2, 0.25) is 0 Å². The molecular formula is C19H38BNO4. The molecular weight excluding hydrogens is 317 g/mol. The highest BCUT2D eigenvalue weighted by atomic mass is 16.6. The third kappa shape index (κ3) is 13.7.